The number of aromatic nitrogens is 2. The summed E-state index contributed by atoms with van der Waals surface area (Å²) in [5, 5.41) is 9.31. The lowest BCUT2D eigenvalue weighted by molar-refractivity contribution is 0.485. The number of fused-ring (bicyclic) bond motifs is 1. The Bertz CT molecular complexity index is 740. The van der Waals surface area contributed by atoms with Gasteiger partial charge in [-0.1, -0.05) is 23.7 Å². The normalized spacial score (nSPS) is 10.6. The van der Waals surface area contributed by atoms with Gasteiger partial charge in [0.15, 0.2) is 5.75 Å². The van der Waals surface area contributed by atoms with Crippen LogP contribution in [0.4, 0.5) is 5.69 Å². The topological polar surface area (TPSA) is 61.0 Å². The van der Waals surface area contributed by atoms with Gasteiger partial charge in [0.05, 0.1) is 22.4 Å². The highest BCUT2D eigenvalue weighted by Crippen LogP contribution is 2.30. The molecule has 0 radical (unpaired) electrons. The van der Waals surface area contributed by atoms with Gasteiger partial charge >= 0.3 is 0 Å². The molecule has 0 saturated heterocycles. The maximum absolute atomic E-state index is 5.97. The minimum atomic E-state index is 0.462. The molecule has 3 rings (SSSR count). The van der Waals surface area contributed by atoms with E-state index in [1.807, 2.05) is 24.3 Å². The summed E-state index contributed by atoms with van der Waals surface area (Å²) in [4.78, 5) is 0. The van der Waals surface area contributed by atoms with Crippen LogP contribution in [0.15, 0.2) is 48.7 Å². The number of hydrogen-bond donors (Lipinski definition) is 1. The quantitative estimate of drug-likeness (QED) is 0.723. The number of nitrogens with two attached hydrogens (primary N) is 1. The number of ether oxygens (including phenoxy) is 1. The molecule has 0 aliphatic carbocycles. The SMILES string of the molecule is Nc1ccc(Oc2cnnc3ccccc23)cc1Cl. The first kappa shape index (κ1) is 11.7. The molecule has 0 spiro atoms. The maximum Gasteiger partial charge on any atom is 0.156 e. The summed E-state index contributed by atoms with van der Waals surface area (Å²) in [6, 6.07) is 12.8. The molecular weight excluding hydrogens is 262 g/mol. The van der Waals surface area contributed by atoms with Crippen molar-refractivity contribution in [2.24, 2.45) is 0 Å². The van der Waals surface area contributed by atoms with Crippen LogP contribution in [0.25, 0.3) is 10.9 Å². The van der Waals surface area contributed by atoms with Crippen molar-refractivity contribution in [3.63, 3.8) is 0 Å². The molecule has 2 aromatic carbocycles. The first-order chi connectivity index (χ1) is 9.24. The van der Waals surface area contributed by atoms with Gasteiger partial charge < -0.3 is 10.5 Å². The molecule has 0 amide bonds. The Balaban J connectivity index is 2.03. The fourth-order valence-corrected chi connectivity index (χ4v) is 1.93. The highest BCUT2D eigenvalue weighted by molar-refractivity contribution is 6.33. The smallest absolute Gasteiger partial charge is 0.156 e. The van der Waals surface area contributed by atoms with E-state index in [0.29, 0.717) is 22.2 Å². The molecule has 1 aromatic heterocycles. The van der Waals surface area contributed by atoms with Crippen LogP contribution in [0.2, 0.25) is 5.02 Å². The molecule has 19 heavy (non-hydrogen) atoms. The van der Waals surface area contributed by atoms with Gasteiger partial charge in [0.1, 0.15) is 5.75 Å². The first-order valence-electron chi connectivity index (χ1n) is 5.67. The van der Waals surface area contributed by atoms with E-state index in [0.717, 1.165) is 10.9 Å². The predicted octanol–water partition coefficient (Wildman–Crippen LogP) is 3.66. The van der Waals surface area contributed by atoms with E-state index in [1.54, 1.807) is 24.4 Å². The van der Waals surface area contributed by atoms with E-state index in [-0.39, 0.29) is 0 Å². The molecule has 0 fully saturated rings. The summed E-state index contributed by atoms with van der Waals surface area (Å²) < 4.78 is 5.78. The largest absolute Gasteiger partial charge is 0.455 e. The molecule has 2 N–H and O–H groups in total. The van der Waals surface area contributed by atoms with E-state index >= 15 is 0 Å². The fourth-order valence-electron chi connectivity index (χ4n) is 1.76. The molecule has 0 aliphatic heterocycles. The number of hydrogen-bond acceptors (Lipinski definition) is 4. The lowest BCUT2D eigenvalue weighted by Crippen LogP contribution is -1.91. The van der Waals surface area contributed by atoms with Crippen LogP contribution in [0, 0.1) is 0 Å². The predicted molar refractivity (Wildman–Crippen MR) is 75.5 cm³/mol. The van der Waals surface area contributed by atoms with Crippen molar-refractivity contribution in [1.82, 2.24) is 10.2 Å². The van der Waals surface area contributed by atoms with E-state index in [9.17, 15) is 0 Å². The van der Waals surface area contributed by atoms with Crippen molar-refractivity contribution in [1.29, 1.82) is 0 Å². The van der Waals surface area contributed by atoms with E-state index in [4.69, 9.17) is 22.1 Å². The Kier molecular flexibility index (Phi) is 2.93. The maximum atomic E-state index is 5.97. The minimum Gasteiger partial charge on any atom is -0.455 e. The molecular formula is C14H10ClN3O. The summed E-state index contributed by atoms with van der Waals surface area (Å²) in [6.07, 6.45) is 1.58. The molecule has 0 unspecified atom stereocenters. The van der Waals surface area contributed by atoms with Crippen LogP contribution in [-0.2, 0) is 0 Å². The second-order valence-corrected chi connectivity index (χ2v) is 4.42. The van der Waals surface area contributed by atoms with Gasteiger partial charge in [-0.25, -0.2) is 0 Å². The average Bonchev–Trinajstić information content (AvgIpc) is 2.43. The first-order valence-corrected chi connectivity index (χ1v) is 6.05. The number of anilines is 1. The summed E-state index contributed by atoms with van der Waals surface area (Å²) in [5.41, 5.74) is 6.96. The molecule has 5 heteroatoms. The Morgan fingerprint density at radius 1 is 1.11 bits per heavy atom. The Hall–Kier alpha value is -2.33. The molecule has 94 valence electrons. The summed E-state index contributed by atoms with van der Waals surface area (Å²) in [5.74, 6) is 1.24. The van der Waals surface area contributed by atoms with E-state index in [1.165, 1.54) is 0 Å². The van der Waals surface area contributed by atoms with Gasteiger partial charge in [-0.15, -0.1) is 0 Å². The second kappa shape index (κ2) is 4.74. The van der Waals surface area contributed by atoms with Crippen molar-refractivity contribution in [2.45, 2.75) is 0 Å². The lowest BCUT2D eigenvalue weighted by atomic mass is 10.2. The summed E-state index contributed by atoms with van der Waals surface area (Å²) >= 11 is 5.97. The van der Waals surface area contributed by atoms with Crippen LogP contribution in [0.3, 0.4) is 0 Å². The van der Waals surface area contributed by atoms with Crippen LogP contribution in [0.1, 0.15) is 0 Å². The van der Waals surface area contributed by atoms with Crippen molar-refractivity contribution >= 4 is 28.2 Å². The highest BCUT2D eigenvalue weighted by Gasteiger charge is 2.06. The molecule has 0 saturated carbocycles. The van der Waals surface area contributed by atoms with Gasteiger partial charge in [-0.3, -0.25) is 0 Å². The van der Waals surface area contributed by atoms with Crippen molar-refractivity contribution < 1.29 is 4.74 Å². The van der Waals surface area contributed by atoms with E-state index in [2.05, 4.69) is 10.2 Å². The summed E-state index contributed by atoms with van der Waals surface area (Å²) in [7, 11) is 0. The highest BCUT2D eigenvalue weighted by atomic mass is 35.5. The van der Waals surface area contributed by atoms with Gasteiger partial charge in [0.2, 0.25) is 0 Å². The van der Waals surface area contributed by atoms with Gasteiger partial charge in [0, 0.05) is 11.5 Å². The molecule has 0 atom stereocenters. The van der Waals surface area contributed by atoms with Gasteiger partial charge in [-0.05, 0) is 24.3 Å². The monoisotopic (exact) mass is 271 g/mol. The minimum absolute atomic E-state index is 0.462. The zero-order valence-electron chi connectivity index (χ0n) is 9.88. The lowest BCUT2D eigenvalue weighted by Gasteiger charge is -2.08. The van der Waals surface area contributed by atoms with Gasteiger partial charge in [0.25, 0.3) is 0 Å². The molecule has 1 heterocycles. The van der Waals surface area contributed by atoms with E-state index < -0.39 is 0 Å². The van der Waals surface area contributed by atoms with Crippen molar-refractivity contribution in [3.8, 4) is 11.5 Å². The van der Waals surface area contributed by atoms with Crippen molar-refractivity contribution in [3.05, 3.63) is 53.7 Å². The third-order valence-corrected chi connectivity index (χ3v) is 3.04. The number of nitrogens with zero attached hydrogens (tertiary/aromatic N) is 2. The average molecular weight is 272 g/mol. The van der Waals surface area contributed by atoms with Crippen LogP contribution in [0.5, 0.6) is 11.5 Å². The number of nitrogen functional groups attached to an aromatic ring is 1. The number of rotatable bonds is 2. The molecule has 0 bridgehead atoms. The Morgan fingerprint density at radius 3 is 2.79 bits per heavy atom. The van der Waals surface area contributed by atoms with Crippen LogP contribution < -0.4 is 10.5 Å². The Labute approximate surface area is 114 Å². The zero-order chi connectivity index (χ0) is 13.2. The fraction of sp³-hybridized carbons (Fsp3) is 0. The second-order valence-electron chi connectivity index (χ2n) is 4.01. The summed E-state index contributed by atoms with van der Waals surface area (Å²) in [6.45, 7) is 0. The molecule has 4 nitrogen and oxygen atoms in total. The third-order valence-electron chi connectivity index (χ3n) is 2.71. The van der Waals surface area contributed by atoms with Crippen LogP contribution >= 0.6 is 11.6 Å². The van der Waals surface area contributed by atoms with Gasteiger partial charge in [-0.2, -0.15) is 10.2 Å². The molecule has 3 aromatic rings. The third kappa shape index (κ3) is 2.30. The van der Waals surface area contributed by atoms with Crippen LogP contribution in [-0.4, -0.2) is 10.2 Å². The number of benzene rings is 2. The number of halogens is 1. The standard InChI is InChI=1S/C14H10ClN3O/c15-11-7-9(5-6-12(11)16)19-14-8-17-18-13-4-2-1-3-10(13)14/h1-8H,16H2. The zero-order valence-corrected chi connectivity index (χ0v) is 10.6. The van der Waals surface area contributed by atoms with Crippen molar-refractivity contribution in [2.75, 3.05) is 5.73 Å². The molecule has 0 aliphatic rings. The Morgan fingerprint density at radius 2 is 1.95 bits per heavy atom.